The maximum Gasteiger partial charge on any atom is 0.336 e. The zero-order valence-corrected chi connectivity index (χ0v) is 14.0. The van der Waals surface area contributed by atoms with Crippen LogP contribution in [0.4, 0.5) is 0 Å². The number of rotatable bonds is 6. The smallest absolute Gasteiger partial charge is 0.336 e. The van der Waals surface area contributed by atoms with Gasteiger partial charge in [0.05, 0.1) is 16.2 Å². The minimum absolute atomic E-state index is 0.0634. The minimum Gasteiger partial charge on any atom is -0.478 e. The molecule has 1 aromatic carbocycles. The van der Waals surface area contributed by atoms with E-state index in [2.05, 4.69) is 21.2 Å². The summed E-state index contributed by atoms with van der Waals surface area (Å²) in [5, 5.41) is 11.6. The molecule has 0 unspecified atom stereocenters. The van der Waals surface area contributed by atoms with Crippen LogP contribution < -0.4 is 5.32 Å². The SMILES string of the molecule is CC(C)NC(=O)CCS(=O)(=O)c1ccc(Br)c(C(=O)O)c1. The van der Waals surface area contributed by atoms with Crippen molar-refractivity contribution in [3.05, 3.63) is 28.2 Å². The van der Waals surface area contributed by atoms with Crippen LogP contribution in [0.3, 0.4) is 0 Å². The Balaban J connectivity index is 2.91. The van der Waals surface area contributed by atoms with E-state index < -0.39 is 15.8 Å². The van der Waals surface area contributed by atoms with Crippen LogP contribution in [0, 0.1) is 0 Å². The largest absolute Gasteiger partial charge is 0.478 e. The van der Waals surface area contributed by atoms with E-state index in [0.29, 0.717) is 4.47 Å². The molecule has 21 heavy (non-hydrogen) atoms. The monoisotopic (exact) mass is 377 g/mol. The number of hydrogen-bond donors (Lipinski definition) is 2. The first-order valence-electron chi connectivity index (χ1n) is 6.18. The van der Waals surface area contributed by atoms with Crippen LogP contribution in [-0.2, 0) is 14.6 Å². The summed E-state index contributed by atoms with van der Waals surface area (Å²) in [5.41, 5.74) is -0.136. The van der Waals surface area contributed by atoms with Gasteiger partial charge < -0.3 is 10.4 Å². The summed E-state index contributed by atoms with van der Waals surface area (Å²) in [5.74, 6) is -1.95. The van der Waals surface area contributed by atoms with Gasteiger partial charge in [0.15, 0.2) is 9.84 Å². The number of halogens is 1. The quantitative estimate of drug-likeness (QED) is 0.787. The lowest BCUT2D eigenvalue weighted by atomic mass is 10.2. The van der Waals surface area contributed by atoms with E-state index in [1.807, 2.05) is 0 Å². The summed E-state index contributed by atoms with van der Waals surface area (Å²) < 4.78 is 24.5. The second-order valence-electron chi connectivity index (χ2n) is 4.74. The molecule has 8 heteroatoms. The van der Waals surface area contributed by atoms with Crippen molar-refractivity contribution in [3.8, 4) is 0 Å². The van der Waals surface area contributed by atoms with E-state index in [1.54, 1.807) is 13.8 Å². The molecule has 0 aliphatic rings. The standard InChI is InChI=1S/C13H16BrNO5S/c1-8(2)15-12(16)5-6-21(19,20)9-3-4-11(14)10(7-9)13(17)18/h3-4,7-8H,5-6H2,1-2H3,(H,15,16)(H,17,18). The van der Waals surface area contributed by atoms with E-state index >= 15 is 0 Å². The third-order valence-electron chi connectivity index (χ3n) is 2.57. The number of hydrogen-bond acceptors (Lipinski definition) is 4. The van der Waals surface area contributed by atoms with Crippen molar-refractivity contribution in [1.82, 2.24) is 5.32 Å². The number of carboxylic acid groups (broad SMARTS) is 1. The predicted molar refractivity (Wildman–Crippen MR) is 81.0 cm³/mol. The second kappa shape index (κ2) is 7.04. The Morgan fingerprint density at radius 3 is 2.48 bits per heavy atom. The molecule has 2 N–H and O–H groups in total. The van der Waals surface area contributed by atoms with Gasteiger partial charge in [-0.25, -0.2) is 13.2 Å². The van der Waals surface area contributed by atoms with Gasteiger partial charge in [-0.3, -0.25) is 4.79 Å². The van der Waals surface area contributed by atoms with Crippen LogP contribution in [0.25, 0.3) is 0 Å². The lowest BCUT2D eigenvalue weighted by molar-refractivity contribution is -0.121. The van der Waals surface area contributed by atoms with E-state index in [1.165, 1.54) is 12.1 Å². The van der Waals surface area contributed by atoms with Crippen LogP contribution in [0.5, 0.6) is 0 Å². The fraction of sp³-hybridized carbons (Fsp3) is 0.385. The molecule has 0 bridgehead atoms. The van der Waals surface area contributed by atoms with Crippen LogP contribution in [0.15, 0.2) is 27.6 Å². The highest BCUT2D eigenvalue weighted by atomic mass is 79.9. The van der Waals surface area contributed by atoms with Gasteiger partial charge >= 0.3 is 5.97 Å². The molecule has 0 aromatic heterocycles. The van der Waals surface area contributed by atoms with Crippen molar-refractivity contribution < 1.29 is 23.1 Å². The predicted octanol–water partition coefficient (Wildman–Crippen LogP) is 1.84. The van der Waals surface area contributed by atoms with Crippen molar-refractivity contribution in [2.45, 2.75) is 31.2 Å². The van der Waals surface area contributed by atoms with Crippen molar-refractivity contribution >= 4 is 37.6 Å². The molecule has 0 saturated heterocycles. The van der Waals surface area contributed by atoms with E-state index in [0.717, 1.165) is 6.07 Å². The highest BCUT2D eigenvalue weighted by Gasteiger charge is 2.19. The molecule has 0 aliphatic carbocycles. The number of carboxylic acids is 1. The molecular formula is C13H16BrNO5S. The third kappa shape index (κ3) is 5.13. The van der Waals surface area contributed by atoms with Gasteiger partial charge in [0.2, 0.25) is 5.91 Å². The van der Waals surface area contributed by atoms with Crippen LogP contribution in [-0.4, -0.2) is 37.2 Å². The topological polar surface area (TPSA) is 101 Å². The van der Waals surface area contributed by atoms with Crippen molar-refractivity contribution in [1.29, 1.82) is 0 Å². The van der Waals surface area contributed by atoms with Gasteiger partial charge in [0, 0.05) is 16.9 Å². The summed E-state index contributed by atoms with van der Waals surface area (Å²) in [6, 6.07) is 3.70. The van der Waals surface area contributed by atoms with Crippen molar-refractivity contribution in [2.24, 2.45) is 0 Å². The summed E-state index contributed by atoms with van der Waals surface area (Å²) in [6.07, 6.45) is -0.168. The van der Waals surface area contributed by atoms with Gasteiger partial charge in [0.1, 0.15) is 0 Å². The number of benzene rings is 1. The number of nitrogens with one attached hydrogen (secondary N) is 1. The first-order chi connectivity index (χ1) is 9.63. The third-order valence-corrected chi connectivity index (χ3v) is 4.98. The molecule has 6 nitrogen and oxygen atoms in total. The molecule has 1 amide bonds. The zero-order valence-electron chi connectivity index (χ0n) is 11.6. The Bertz CT molecular complexity index is 655. The molecule has 116 valence electrons. The normalized spacial score (nSPS) is 11.4. The van der Waals surface area contributed by atoms with Gasteiger partial charge in [-0.05, 0) is 48.0 Å². The molecule has 0 radical (unpaired) electrons. The van der Waals surface area contributed by atoms with Crippen LogP contribution in [0.1, 0.15) is 30.6 Å². The van der Waals surface area contributed by atoms with E-state index in [9.17, 15) is 18.0 Å². The van der Waals surface area contributed by atoms with Crippen LogP contribution >= 0.6 is 15.9 Å². The Morgan fingerprint density at radius 1 is 1.33 bits per heavy atom. The average molecular weight is 378 g/mol. The molecule has 0 spiro atoms. The molecular weight excluding hydrogens is 362 g/mol. The van der Waals surface area contributed by atoms with Gasteiger partial charge in [0.25, 0.3) is 0 Å². The molecule has 1 rings (SSSR count). The number of sulfone groups is 1. The van der Waals surface area contributed by atoms with E-state index in [-0.39, 0.29) is 34.6 Å². The maximum absolute atomic E-state index is 12.1. The fourth-order valence-corrected chi connectivity index (χ4v) is 3.28. The van der Waals surface area contributed by atoms with Gasteiger partial charge in [-0.2, -0.15) is 0 Å². The number of amides is 1. The number of carbonyl (C=O) groups is 2. The first-order valence-corrected chi connectivity index (χ1v) is 8.63. The molecule has 0 heterocycles. The number of carbonyl (C=O) groups excluding carboxylic acids is 1. The van der Waals surface area contributed by atoms with Crippen LogP contribution in [0.2, 0.25) is 0 Å². The summed E-state index contributed by atoms with van der Waals surface area (Å²) in [4.78, 5) is 22.4. The van der Waals surface area contributed by atoms with Gasteiger partial charge in [-0.15, -0.1) is 0 Å². The van der Waals surface area contributed by atoms with Crippen molar-refractivity contribution in [3.63, 3.8) is 0 Å². The Hall–Kier alpha value is -1.41. The Morgan fingerprint density at radius 2 is 1.95 bits per heavy atom. The lowest BCUT2D eigenvalue weighted by Crippen LogP contribution is -2.31. The zero-order chi connectivity index (χ0) is 16.2. The summed E-state index contributed by atoms with van der Waals surface area (Å²) >= 11 is 3.05. The van der Waals surface area contributed by atoms with E-state index in [4.69, 9.17) is 5.11 Å². The minimum atomic E-state index is -3.71. The molecule has 0 aliphatic heterocycles. The second-order valence-corrected chi connectivity index (χ2v) is 7.70. The summed E-state index contributed by atoms with van der Waals surface area (Å²) in [7, 11) is -3.71. The highest BCUT2D eigenvalue weighted by molar-refractivity contribution is 9.10. The molecule has 0 atom stereocenters. The average Bonchev–Trinajstić information content (AvgIpc) is 2.35. The lowest BCUT2D eigenvalue weighted by Gasteiger charge is -2.09. The fourth-order valence-electron chi connectivity index (χ4n) is 1.60. The van der Waals surface area contributed by atoms with Crippen molar-refractivity contribution in [2.75, 3.05) is 5.75 Å². The highest BCUT2D eigenvalue weighted by Crippen LogP contribution is 2.22. The maximum atomic E-state index is 12.1. The Kier molecular flexibility index (Phi) is 5.91. The molecule has 0 fully saturated rings. The summed E-state index contributed by atoms with van der Waals surface area (Å²) in [6.45, 7) is 3.56. The van der Waals surface area contributed by atoms with Gasteiger partial charge in [-0.1, -0.05) is 0 Å². The molecule has 1 aromatic rings. The number of aromatic carboxylic acids is 1. The molecule has 0 saturated carbocycles. The first kappa shape index (κ1) is 17.6. The Labute approximate surface area is 131 Å².